The number of benzene rings is 2. The summed E-state index contributed by atoms with van der Waals surface area (Å²) in [7, 11) is 0.304. The number of methoxy groups -OCH3 is 1. The SMILES string of the molecule is COc1cc(C)c2[nH]ccc2c1C(C)(NC(=O)OC(C)(C)C)c1nc2cc(C#N)ccc2n1COCC[Si](C)(C)C. The number of hydrogen-bond acceptors (Lipinski definition) is 6. The average molecular weight is 576 g/mol. The van der Waals surface area contributed by atoms with Crippen LogP contribution in [0.3, 0.4) is 0 Å². The highest BCUT2D eigenvalue weighted by Crippen LogP contribution is 2.42. The van der Waals surface area contributed by atoms with Gasteiger partial charge in [0.1, 0.15) is 29.4 Å². The lowest BCUT2D eigenvalue weighted by molar-refractivity contribution is 0.0462. The number of rotatable bonds is 9. The number of ether oxygens (including phenoxy) is 3. The van der Waals surface area contributed by atoms with E-state index in [2.05, 4.69) is 36.0 Å². The van der Waals surface area contributed by atoms with Gasteiger partial charge in [-0.15, -0.1) is 0 Å². The van der Waals surface area contributed by atoms with Crippen LogP contribution < -0.4 is 10.1 Å². The Hall–Kier alpha value is -3.81. The number of nitriles is 1. The summed E-state index contributed by atoms with van der Waals surface area (Å²) in [5.74, 6) is 1.13. The average Bonchev–Trinajstić information content (AvgIpc) is 3.49. The van der Waals surface area contributed by atoms with Crippen molar-refractivity contribution in [2.24, 2.45) is 0 Å². The van der Waals surface area contributed by atoms with Gasteiger partial charge in [-0.25, -0.2) is 9.78 Å². The van der Waals surface area contributed by atoms with Gasteiger partial charge < -0.3 is 29.1 Å². The van der Waals surface area contributed by atoms with Crippen LogP contribution in [-0.2, 0) is 21.7 Å². The number of H-pyrrole nitrogens is 1. The Balaban J connectivity index is 1.98. The monoisotopic (exact) mass is 575 g/mol. The van der Waals surface area contributed by atoms with Gasteiger partial charge in [-0.05, 0) is 76.6 Å². The number of nitrogens with one attached hydrogen (secondary N) is 2. The van der Waals surface area contributed by atoms with Crippen molar-refractivity contribution >= 4 is 36.1 Å². The highest BCUT2D eigenvalue weighted by atomic mass is 28.3. The van der Waals surface area contributed by atoms with Crippen LogP contribution in [0.1, 0.15) is 50.2 Å². The first kappa shape index (κ1) is 30.2. The maximum Gasteiger partial charge on any atom is 0.408 e. The molecule has 0 aliphatic rings. The zero-order valence-electron chi connectivity index (χ0n) is 25.6. The third-order valence-electron chi connectivity index (χ3n) is 7.02. The number of amides is 1. The molecular weight excluding hydrogens is 534 g/mol. The number of carbonyl (C=O) groups is 1. The summed E-state index contributed by atoms with van der Waals surface area (Å²) in [6.07, 6.45) is 1.28. The molecular formula is C31H41N5O4Si. The minimum atomic E-state index is -1.31. The van der Waals surface area contributed by atoms with Crippen LogP contribution in [-0.4, -0.2) is 48.0 Å². The van der Waals surface area contributed by atoms with Crippen molar-refractivity contribution in [3.63, 3.8) is 0 Å². The van der Waals surface area contributed by atoms with E-state index >= 15 is 0 Å². The summed E-state index contributed by atoms with van der Waals surface area (Å²) >= 11 is 0. The molecule has 218 valence electrons. The molecule has 0 saturated heterocycles. The molecule has 0 bridgehead atoms. The van der Waals surface area contributed by atoms with Crippen molar-refractivity contribution in [2.45, 2.75) is 78.2 Å². The number of aromatic nitrogens is 3. The second-order valence-corrected chi connectivity index (χ2v) is 18.4. The third-order valence-corrected chi connectivity index (χ3v) is 8.72. The predicted octanol–water partition coefficient (Wildman–Crippen LogP) is 6.81. The molecule has 4 rings (SSSR count). The number of alkyl carbamates (subject to hydrolysis) is 1. The Labute approximate surface area is 242 Å². The second-order valence-electron chi connectivity index (χ2n) is 12.8. The maximum absolute atomic E-state index is 13.5. The van der Waals surface area contributed by atoms with E-state index < -0.39 is 25.3 Å². The quantitative estimate of drug-likeness (QED) is 0.167. The molecule has 0 aliphatic carbocycles. The normalized spacial score (nSPS) is 13.7. The van der Waals surface area contributed by atoms with Gasteiger partial charge in [-0.3, -0.25) is 0 Å². The van der Waals surface area contributed by atoms with Crippen LogP contribution in [0, 0.1) is 18.3 Å². The number of fused-ring (bicyclic) bond motifs is 2. The largest absolute Gasteiger partial charge is 0.496 e. The molecule has 41 heavy (non-hydrogen) atoms. The molecule has 0 spiro atoms. The van der Waals surface area contributed by atoms with Crippen LogP contribution in [0.25, 0.3) is 21.9 Å². The van der Waals surface area contributed by atoms with Gasteiger partial charge in [0.05, 0.1) is 29.8 Å². The topological polar surface area (TPSA) is 114 Å². The molecule has 2 aromatic carbocycles. The number of aromatic amines is 1. The van der Waals surface area contributed by atoms with Crippen LogP contribution in [0.15, 0.2) is 36.5 Å². The van der Waals surface area contributed by atoms with Crippen molar-refractivity contribution in [3.05, 3.63) is 59.0 Å². The van der Waals surface area contributed by atoms with Crippen LogP contribution in [0.2, 0.25) is 25.7 Å². The third kappa shape index (κ3) is 6.42. The van der Waals surface area contributed by atoms with Gasteiger partial charge in [-0.2, -0.15) is 5.26 Å². The van der Waals surface area contributed by atoms with Gasteiger partial charge >= 0.3 is 6.09 Å². The molecule has 1 amide bonds. The number of hydrogen-bond donors (Lipinski definition) is 2. The lowest BCUT2D eigenvalue weighted by atomic mass is 9.86. The molecule has 2 heterocycles. The standard InChI is InChI=1S/C31H41N5O4Si/c1-20-16-25(38-6)26(22-12-13-33-27(20)22)31(5,35-29(37)40-30(2,3)4)28-34-23-17-21(18-32)10-11-24(23)36(28)19-39-14-15-41(7,8)9/h10-13,16-17,33H,14-15,19H2,1-9H3,(H,35,37). The lowest BCUT2D eigenvalue weighted by Crippen LogP contribution is -2.48. The van der Waals surface area contributed by atoms with E-state index in [1.165, 1.54) is 0 Å². The molecule has 4 aromatic rings. The van der Waals surface area contributed by atoms with Crippen LogP contribution in [0.4, 0.5) is 4.79 Å². The predicted molar refractivity (Wildman–Crippen MR) is 164 cm³/mol. The zero-order chi connectivity index (χ0) is 30.2. The first-order chi connectivity index (χ1) is 19.2. The lowest BCUT2D eigenvalue weighted by Gasteiger charge is -2.34. The molecule has 1 atom stereocenters. The summed E-state index contributed by atoms with van der Waals surface area (Å²) < 4.78 is 19.9. The molecule has 1 unspecified atom stereocenters. The molecule has 0 fully saturated rings. The Kier molecular flexibility index (Phi) is 8.25. The molecule has 10 heteroatoms. The zero-order valence-corrected chi connectivity index (χ0v) is 26.6. The van der Waals surface area contributed by atoms with E-state index in [9.17, 15) is 10.1 Å². The Morgan fingerprint density at radius 2 is 1.90 bits per heavy atom. The Morgan fingerprint density at radius 3 is 2.54 bits per heavy atom. The smallest absolute Gasteiger partial charge is 0.408 e. The minimum Gasteiger partial charge on any atom is -0.496 e. The fourth-order valence-electron chi connectivity index (χ4n) is 5.04. The summed E-state index contributed by atoms with van der Waals surface area (Å²) in [5.41, 5.74) is 2.64. The molecule has 2 N–H and O–H groups in total. The molecule has 9 nitrogen and oxygen atoms in total. The van der Waals surface area contributed by atoms with Crippen molar-refractivity contribution in [3.8, 4) is 11.8 Å². The van der Waals surface area contributed by atoms with E-state index in [0.717, 1.165) is 33.6 Å². The van der Waals surface area contributed by atoms with E-state index in [0.29, 0.717) is 29.3 Å². The minimum absolute atomic E-state index is 0.220. The first-order valence-electron chi connectivity index (χ1n) is 13.8. The summed E-state index contributed by atoms with van der Waals surface area (Å²) in [4.78, 5) is 21.8. The first-order valence-corrected chi connectivity index (χ1v) is 17.5. The summed E-state index contributed by atoms with van der Waals surface area (Å²) in [6.45, 7) is 17.2. The molecule has 0 radical (unpaired) electrons. The van der Waals surface area contributed by atoms with Crippen LogP contribution in [0.5, 0.6) is 5.75 Å². The number of carbonyl (C=O) groups excluding carboxylic acids is 1. The van der Waals surface area contributed by atoms with Gasteiger partial charge in [-0.1, -0.05) is 19.6 Å². The van der Waals surface area contributed by atoms with Gasteiger partial charge in [0, 0.05) is 37.3 Å². The fraction of sp³-hybridized carbons (Fsp3) is 0.452. The second kappa shape index (κ2) is 11.2. The van der Waals surface area contributed by atoms with Crippen molar-refractivity contribution < 1.29 is 19.0 Å². The van der Waals surface area contributed by atoms with Gasteiger partial charge in [0.25, 0.3) is 0 Å². The number of aryl methyl sites for hydroxylation is 1. The van der Waals surface area contributed by atoms with Crippen molar-refractivity contribution in [1.29, 1.82) is 5.26 Å². The van der Waals surface area contributed by atoms with Crippen molar-refractivity contribution in [2.75, 3.05) is 13.7 Å². The Morgan fingerprint density at radius 1 is 1.17 bits per heavy atom. The van der Waals surface area contributed by atoms with E-state index in [4.69, 9.17) is 19.2 Å². The summed E-state index contributed by atoms with van der Waals surface area (Å²) in [6, 6.07) is 12.5. The van der Waals surface area contributed by atoms with Gasteiger partial charge in [0.2, 0.25) is 0 Å². The van der Waals surface area contributed by atoms with E-state index in [1.54, 1.807) is 19.2 Å². The molecule has 0 aliphatic heterocycles. The molecule has 0 saturated carbocycles. The van der Waals surface area contributed by atoms with Crippen LogP contribution >= 0.6 is 0 Å². The number of nitrogens with zero attached hydrogens (tertiary/aromatic N) is 3. The molecule has 2 aromatic heterocycles. The fourth-order valence-corrected chi connectivity index (χ4v) is 5.80. The number of imidazole rings is 1. The van der Waals surface area contributed by atoms with Gasteiger partial charge in [0.15, 0.2) is 0 Å². The maximum atomic E-state index is 13.5. The Bertz CT molecular complexity index is 1620. The highest BCUT2D eigenvalue weighted by molar-refractivity contribution is 6.76. The summed E-state index contributed by atoms with van der Waals surface area (Å²) in [5, 5.41) is 13.6. The van der Waals surface area contributed by atoms with Crippen molar-refractivity contribution in [1.82, 2.24) is 19.9 Å². The van der Waals surface area contributed by atoms with E-state index in [-0.39, 0.29) is 6.73 Å². The highest BCUT2D eigenvalue weighted by Gasteiger charge is 2.41. The van der Waals surface area contributed by atoms with E-state index in [1.807, 2.05) is 63.6 Å².